The lowest BCUT2D eigenvalue weighted by Crippen LogP contribution is -2.09. The highest BCUT2D eigenvalue weighted by molar-refractivity contribution is 5.24. The van der Waals surface area contributed by atoms with Crippen LogP contribution in [0.3, 0.4) is 0 Å². The Labute approximate surface area is 116 Å². The van der Waals surface area contributed by atoms with Gasteiger partial charge < -0.3 is 5.73 Å². The number of hydrogen-bond donors (Lipinski definition) is 1. The molecule has 0 fully saturated rings. The fourth-order valence-corrected chi connectivity index (χ4v) is 2.34. The largest absolute Gasteiger partial charge is 0.330 e. The summed E-state index contributed by atoms with van der Waals surface area (Å²) in [7, 11) is 0. The highest BCUT2D eigenvalue weighted by atomic mass is 15.3. The van der Waals surface area contributed by atoms with Gasteiger partial charge in [-0.1, -0.05) is 6.42 Å². The number of unbranched alkanes of at least 4 members (excludes halogenated alkanes) is 1. The van der Waals surface area contributed by atoms with Crippen LogP contribution in [0.5, 0.6) is 0 Å². The highest BCUT2D eigenvalue weighted by Gasteiger charge is 2.16. The second-order valence-corrected chi connectivity index (χ2v) is 5.86. The average molecular weight is 262 g/mol. The first-order valence-electron chi connectivity index (χ1n) is 7.05. The van der Waals surface area contributed by atoms with E-state index in [4.69, 9.17) is 11.0 Å². The van der Waals surface area contributed by atoms with Gasteiger partial charge in [0.2, 0.25) is 0 Å². The lowest BCUT2D eigenvalue weighted by molar-refractivity contribution is 0.410. The summed E-state index contributed by atoms with van der Waals surface area (Å²) in [4.78, 5) is 0. The zero-order chi connectivity index (χ0) is 14.5. The van der Waals surface area contributed by atoms with E-state index >= 15 is 0 Å². The van der Waals surface area contributed by atoms with Gasteiger partial charge in [-0.25, -0.2) is 0 Å². The molecule has 0 aliphatic heterocycles. The van der Waals surface area contributed by atoms with E-state index in [2.05, 4.69) is 22.8 Å². The van der Waals surface area contributed by atoms with Crippen LogP contribution in [0.2, 0.25) is 0 Å². The smallest absolute Gasteiger partial charge is 0.0683 e. The van der Waals surface area contributed by atoms with Gasteiger partial charge >= 0.3 is 0 Å². The highest BCUT2D eigenvalue weighted by Crippen LogP contribution is 2.22. The summed E-state index contributed by atoms with van der Waals surface area (Å²) in [5, 5.41) is 13.6. The molecule has 0 saturated heterocycles. The molecular formula is C15H26N4. The maximum Gasteiger partial charge on any atom is 0.0683 e. The van der Waals surface area contributed by atoms with Gasteiger partial charge in [0.1, 0.15) is 0 Å². The number of aryl methyl sites for hydroxylation is 2. The first-order valence-corrected chi connectivity index (χ1v) is 7.05. The predicted molar refractivity (Wildman–Crippen MR) is 77.7 cm³/mol. The van der Waals surface area contributed by atoms with Crippen molar-refractivity contribution in [3.05, 3.63) is 17.0 Å². The van der Waals surface area contributed by atoms with E-state index < -0.39 is 0 Å². The monoisotopic (exact) mass is 262 g/mol. The normalized spacial score (nSPS) is 11.6. The summed E-state index contributed by atoms with van der Waals surface area (Å²) in [6.45, 7) is 9.76. The molecule has 4 nitrogen and oxygen atoms in total. The molecule has 0 aromatic carbocycles. The van der Waals surface area contributed by atoms with Crippen LogP contribution in [0, 0.1) is 30.6 Å². The molecule has 0 atom stereocenters. The summed E-state index contributed by atoms with van der Waals surface area (Å²) in [5.41, 5.74) is 9.04. The van der Waals surface area contributed by atoms with Gasteiger partial charge in [-0.15, -0.1) is 0 Å². The molecule has 1 aromatic heterocycles. The van der Waals surface area contributed by atoms with Crippen molar-refractivity contribution in [3.63, 3.8) is 0 Å². The minimum Gasteiger partial charge on any atom is -0.330 e. The van der Waals surface area contributed by atoms with Gasteiger partial charge in [0.25, 0.3) is 0 Å². The Bertz CT molecular complexity index is 451. The Morgan fingerprint density at radius 3 is 2.58 bits per heavy atom. The SMILES string of the molecule is Cc1nn(CCCCC(C)(C)C#N)c(C)c1CCN. The van der Waals surface area contributed by atoms with Crippen LogP contribution in [-0.2, 0) is 13.0 Å². The molecule has 0 aliphatic carbocycles. The zero-order valence-electron chi connectivity index (χ0n) is 12.7. The fourth-order valence-electron chi connectivity index (χ4n) is 2.34. The minimum absolute atomic E-state index is 0.209. The number of rotatable bonds is 7. The third-order valence-electron chi connectivity index (χ3n) is 3.65. The summed E-state index contributed by atoms with van der Waals surface area (Å²) in [6, 6.07) is 2.35. The quantitative estimate of drug-likeness (QED) is 0.768. The van der Waals surface area contributed by atoms with Crippen LogP contribution < -0.4 is 5.73 Å². The van der Waals surface area contributed by atoms with Crippen molar-refractivity contribution in [2.45, 2.75) is 59.9 Å². The van der Waals surface area contributed by atoms with Crippen LogP contribution in [-0.4, -0.2) is 16.3 Å². The standard InChI is InChI=1S/C15H26N4/c1-12-14(7-9-16)13(2)19(18-12)10-6-5-8-15(3,4)11-17/h5-10,16H2,1-4H3. The Balaban J connectivity index is 2.51. The number of hydrogen-bond acceptors (Lipinski definition) is 3. The molecule has 106 valence electrons. The molecule has 0 saturated carbocycles. The molecule has 1 aromatic rings. The predicted octanol–water partition coefficient (Wildman–Crippen LogP) is 2.72. The Morgan fingerprint density at radius 1 is 1.32 bits per heavy atom. The Kier molecular flexibility index (Phi) is 5.56. The second kappa shape index (κ2) is 6.72. The number of aromatic nitrogens is 2. The molecule has 0 spiro atoms. The molecule has 0 aliphatic rings. The molecule has 1 heterocycles. The Morgan fingerprint density at radius 2 is 2.00 bits per heavy atom. The molecule has 1 rings (SSSR count). The second-order valence-electron chi connectivity index (χ2n) is 5.86. The van der Waals surface area contributed by atoms with E-state index in [9.17, 15) is 0 Å². The summed E-state index contributed by atoms with van der Waals surface area (Å²) in [5.74, 6) is 0. The molecule has 4 heteroatoms. The average Bonchev–Trinajstić information content (AvgIpc) is 2.63. The van der Waals surface area contributed by atoms with E-state index in [-0.39, 0.29) is 5.41 Å². The van der Waals surface area contributed by atoms with Crippen molar-refractivity contribution in [2.24, 2.45) is 11.1 Å². The van der Waals surface area contributed by atoms with Crippen LogP contribution in [0.4, 0.5) is 0 Å². The van der Waals surface area contributed by atoms with Crippen LogP contribution in [0.1, 0.15) is 50.1 Å². The molecule has 0 bridgehead atoms. The van der Waals surface area contributed by atoms with Crippen LogP contribution >= 0.6 is 0 Å². The van der Waals surface area contributed by atoms with Crippen molar-refractivity contribution in [2.75, 3.05) is 6.54 Å². The molecule has 19 heavy (non-hydrogen) atoms. The lowest BCUT2D eigenvalue weighted by Gasteiger charge is -2.14. The van der Waals surface area contributed by atoms with Gasteiger partial charge in [0.15, 0.2) is 0 Å². The van der Waals surface area contributed by atoms with Gasteiger partial charge in [-0.3, -0.25) is 4.68 Å². The van der Waals surface area contributed by atoms with Crippen molar-refractivity contribution in [3.8, 4) is 6.07 Å². The van der Waals surface area contributed by atoms with Crippen LogP contribution in [0.25, 0.3) is 0 Å². The van der Waals surface area contributed by atoms with Crippen molar-refractivity contribution in [1.82, 2.24) is 9.78 Å². The van der Waals surface area contributed by atoms with Gasteiger partial charge in [-0.05, 0) is 59.1 Å². The molecule has 0 radical (unpaired) electrons. The third-order valence-corrected chi connectivity index (χ3v) is 3.65. The maximum atomic E-state index is 8.97. The van der Waals surface area contributed by atoms with Crippen LogP contribution in [0.15, 0.2) is 0 Å². The molecular weight excluding hydrogens is 236 g/mol. The maximum absolute atomic E-state index is 8.97. The summed E-state index contributed by atoms with van der Waals surface area (Å²) >= 11 is 0. The third kappa shape index (κ3) is 4.36. The molecule has 0 unspecified atom stereocenters. The first kappa shape index (κ1) is 15.7. The first-order chi connectivity index (χ1) is 8.91. The summed E-state index contributed by atoms with van der Waals surface area (Å²) < 4.78 is 2.08. The van der Waals surface area contributed by atoms with E-state index in [0.717, 1.165) is 37.9 Å². The lowest BCUT2D eigenvalue weighted by atomic mass is 9.89. The van der Waals surface area contributed by atoms with Crippen molar-refractivity contribution in [1.29, 1.82) is 5.26 Å². The Hall–Kier alpha value is -1.34. The topological polar surface area (TPSA) is 67.6 Å². The van der Waals surface area contributed by atoms with Gasteiger partial charge in [-0.2, -0.15) is 10.4 Å². The number of nitrogens with two attached hydrogens (primary N) is 1. The van der Waals surface area contributed by atoms with Crippen molar-refractivity contribution < 1.29 is 0 Å². The fraction of sp³-hybridized carbons (Fsp3) is 0.733. The van der Waals surface area contributed by atoms with Gasteiger partial charge in [0.05, 0.1) is 17.2 Å². The molecule has 2 N–H and O–H groups in total. The van der Waals surface area contributed by atoms with Gasteiger partial charge in [0, 0.05) is 12.2 Å². The van der Waals surface area contributed by atoms with E-state index in [1.54, 1.807) is 0 Å². The minimum atomic E-state index is -0.209. The van der Waals surface area contributed by atoms with Crippen molar-refractivity contribution >= 4 is 0 Å². The number of nitriles is 1. The molecule has 0 amide bonds. The van der Waals surface area contributed by atoms with E-state index in [1.165, 1.54) is 11.3 Å². The number of nitrogens with zero attached hydrogens (tertiary/aromatic N) is 3. The zero-order valence-corrected chi connectivity index (χ0v) is 12.7. The van der Waals surface area contributed by atoms with E-state index in [1.807, 2.05) is 20.8 Å². The van der Waals surface area contributed by atoms with E-state index in [0.29, 0.717) is 6.54 Å². The summed E-state index contributed by atoms with van der Waals surface area (Å²) in [6.07, 6.45) is 3.97.